The number of carbonyl (C=O) groups is 1. The molecule has 1 aromatic heterocycles. The van der Waals surface area contributed by atoms with Crippen LogP contribution >= 0.6 is 0 Å². The Labute approximate surface area is 121 Å². The summed E-state index contributed by atoms with van der Waals surface area (Å²) in [6.45, 7) is 9.47. The molecule has 4 nitrogen and oxygen atoms in total. The summed E-state index contributed by atoms with van der Waals surface area (Å²) in [6.07, 6.45) is 5.65. The van der Waals surface area contributed by atoms with Crippen LogP contribution in [-0.2, 0) is 16.1 Å². The number of nitrogens with zero attached hydrogens (tertiary/aromatic N) is 2. The largest absolute Gasteiger partial charge is 0.459 e. The van der Waals surface area contributed by atoms with Gasteiger partial charge in [0.05, 0.1) is 0 Å². The topological polar surface area (TPSA) is 42.4 Å². The number of rotatable bonds is 3. The number of likely N-dealkylation sites (tertiary alicyclic amines) is 1. The van der Waals surface area contributed by atoms with Gasteiger partial charge >= 0.3 is 5.97 Å². The molecule has 1 aromatic rings. The molecule has 0 amide bonds. The molecule has 1 atom stereocenters. The molecule has 1 saturated heterocycles. The number of hydrogen-bond donors (Lipinski definition) is 0. The average molecular weight is 276 g/mol. The average Bonchev–Trinajstić information content (AvgIpc) is 2.75. The quantitative estimate of drug-likeness (QED) is 0.796. The number of pyridine rings is 1. The van der Waals surface area contributed by atoms with Gasteiger partial charge in [-0.15, -0.1) is 0 Å². The molecule has 1 aliphatic rings. The molecule has 20 heavy (non-hydrogen) atoms. The molecule has 0 bridgehead atoms. The van der Waals surface area contributed by atoms with Gasteiger partial charge in [-0.1, -0.05) is 6.07 Å². The van der Waals surface area contributed by atoms with Crippen molar-refractivity contribution < 1.29 is 9.53 Å². The summed E-state index contributed by atoms with van der Waals surface area (Å²) in [5.74, 6) is -0.101. The molecule has 1 aliphatic heterocycles. The van der Waals surface area contributed by atoms with Crippen LogP contribution in [0.5, 0.6) is 0 Å². The highest BCUT2D eigenvalue weighted by Gasteiger charge is 2.33. The predicted molar refractivity (Wildman–Crippen MR) is 78.3 cm³/mol. The highest BCUT2D eigenvalue weighted by Crippen LogP contribution is 2.23. The maximum absolute atomic E-state index is 12.2. The van der Waals surface area contributed by atoms with Gasteiger partial charge in [0.25, 0.3) is 0 Å². The Morgan fingerprint density at radius 2 is 2.20 bits per heavy atom. The zero-order valence-electron chi connectivity index (χ0n) is 12.8. The zero-order chi connectivity index (χ0) is 14.8. The second kappa shape index (κ2) is 5.92. The number of aryl methyl sites for hydroxylation is 1. The van der Waals surface area contributed by atoms with Crippen molar-refractivity contribution >= 4 is 5.97 Å². The lowest BCUT2D eigenvalue weighted by Gasteiger charge is -2.27. The molecule has 0 radical (unpaired) electrons. The first-order chi connectivity index (χ1) is 9.35. The highest BCUT2D eigenvalue weighted by atomic mass is 16.6. The van der Waals surface area contributed by atoms with Crippen LogP contribution in [0.25, 0.3) is 0 Å². The minimum absolute atomic E-state index is 0.101. The van der Waals surface area contributed by atoms with Gasteiger partial charge in [0.15, 0.2) is 0 Å². The van der Waals surface area contributed by atoms with E-state index < -0.39 is 5.60 Å². The Morgan fingerprint density at radius 3 is 2.85 bits per heavy atom. The molecule has 2 rings (SSSR count). The van der Waals surface area contributed by atoms with E-state index in [0.29, 0.717) is 0 Å². The predicted octanol–water partition coefficient (Wildman–Crippen LogP) is 2.70. The van der Waals surface area contributed by atoms with E-state index in [1.807, 2.05) is 40.1 Å². The lowest BCUT2D eigenvalue weighted by Crippen LogP contribution is -2.40. The van der Waals surface area contributed by atoms with Gasteiger partial charge < -0.3 is 4.74 Å². The van der Waals surface area contributed by atoms with E-state index in [4.69, 9.17) is 4.74 Å². The first kappa shape index (κ1) is 15.0. The van der Waals surface area contributed by atoms with Crippen LogP contribution in [0.3, 0.4) is 0 Å². The van der Waals surface area contributed by atoms with E-state index in [2.05, 4.69) is 16.0 Å². The Hall–Kier alpha value is -1.42. The monoisotopic (exact) mass is 276 g/mol. The Balaban J connectivity index is 2.02. The molecular weight excluding hydrogens is 252 g/mol. The van der Waals surface area contributed by atoms with Crippen molar-refractivity contribution in [1.82, 2.24) is 9.88 Å². The summed E-state index contributed by atoms with van der Waals surface area (Å²) in [4.78, 5) is 18.7. The van der Waals surface area contributed by atoms with E-state index in [-0.39, 0.29) is 12.0 Å². The maximum Gasteiger partial charge on any atom is 0.323 e. The van der Waals surface area contributed by atoms with Crippen molar-refractivity contribution in [3.05, 3.63) is 29.6 Å². The molecule has 0 saturated carbocycles. The van der Waals surface area contributed by atoms with Crippen molar-refractivity contribution in [3.63, 3.8) is 0 Å². The van der Waals surface area contributed by atoms with Crippen LogP contribution in [0, 0.1) is 6.92 Å². The highest BCUT2D eigenvalue weighted by molar-refractivity contribution is 5.76. The van der Waals surface area contributed by atoms with Gasteiger partial charge in [0, 0.05) is 18.9 Å². The Morgan fingerprint density at radius 1 is 1.45 bits per heavy atom. The minimum atomic E-state index is -0.420. The maximum atomic E-state index is 12.2. The van der Waals surface area contributed by atoms with Gasteiger partial charge in [-0.25, -0.2) is 0 Å². The van der Waals surface area contributed by atoms with Crippen LogP contribution in [0.2, 0.25) is 0 Å². The molecule has 0 aliphatic carbocycles. The minimum Gasteiger partial charge on any atom is -0.459 e. The van der Waals surface area contributed by atoms with E-state index in [9.17, 15) is 4.79 Å². The first-order valence-electron chi connectivity index (χ1n) is 7.22. The summed E-state index contributed by atoms with van der Waals surface area (Å²) in [7, 11) is 0. The number of ether oxygens (including phenoxy) is 1. The summed E-state index contributed by atoms with van der Waals surface area (Å²) in [5.41, 5.74) is 1.88. The van der Waals surface area contributed by atoms with Gasteiger partial charge in [-0.3, -0.25) is 14.7 Å². The fourth-order valence-electron chi connectivity index (χ4n) is 2.59. The number of carbonyl (C=O) groups excluding carboxylic acids is 1. The number of esters is 1. The van der Waals surface area contributed by atoms with Gasteiger partial charge in [-0.2, -0.15) is 0 Å². The van der Waals surface area contributed by atoms with Gasteiger partial charge in [0.2, 0.25) is 0 Å². The summed E-state index contributed by atoms with van der Waals surface area (Å²) < 4.78 is 5.52. The standard InChI is InChI=1S/C16H24N2O2/c1-12-8-13(10-17-9-12)11-18-7-5-6-14(18)15(19)20-16(2,3)4/h8-10,14H,5-7,11H2,1-4H3/t14-/m0/s1. The molecule has 0 unspecified atom stereocenters. The van der Waals surface area contributed by atoms with Crippen molar-refractivity contribution in [1.29, 1.82) is 0 Å². The lowest BCUT2D eigenvalue weighted by atomic mass is 10.1. The van der Waals surface area contributed by atoms with Crippen LogP contribution in [0.15, 0.2) is 18.5 Å². The summed E-state index contributed by atoms with van der Waals surface area (Å²) in [5, 5.41) is 0. The smallest absolute Gasteiger partial charge is 0.323 e. The van der Waals surface area contributed by atoms with Crippen molar-refractivity contribution in [3.8, 4) is 0 Å². The number of aromatic nitrogens is 1. The molecule has 4 heteroatoms. The number of hydrogen-bond acceptors (Lipinski definition) is 4. The molecule has 0 aromatic carbocycles. The van der Waals surface area contributed by atoms with E-state index in [1.54, 1.807) is 0 Å². The molecule has 0 N–H and O–H groups in total. The SMILES string of the molecule is Cc1cncc(CN2CCC[C@H]2C(=O)OC(C)(C)C)c1. The van der Waals surface area contributed by atoms with E-state index >= 15 is 0 Å². The van der Waals surface area contributed by atoms with Crippen LogP contribution in [-0.4, -0.2) is 34.0 Å². The molecule has 110 valence electrons. The van der Waals surface area contributed by atoms with Crippen LogP contribution in [0.4, 0.5) is 0 Å². The fourth-order valence-corrected chi connectivity index (χ4v) is 2.59. The third-order valence-corrected chi connectivity index (χ3v) is 3.36. The summed E-state index contributed by atoms with van der Waals surface area (Å²) >= 11 is 0. The van der Waals surface area contributed by atoms with Crippen LogP contribution in [0.1, 0.15) is 44.7 Å². The molecule has 0 spiro atoms. The Bertz CT molecular complexity index is 480. The second-order valence-electron chi connectivity index (χ2n) is 6.53. The second-order valence-corrected chi connectivity index (χ2v) is 6.53. The van der Waals surface area contributed by atoms with E-state index in [1.165, 1.54) is 0 Å². The lowest BCUT2D eigenvalue weighted by molar-refractivity contribution is -0.160. The van der Waals surface area contributed by atoms with Gasteiger partial charge in [0.1, 0.15) is 11.6 Å². The third kappa shape index (κ3) is 4.04. The third-order valence-electron chi connectivity index (χ3n) is 3.36. The zero-order valence-corrected chi connectivity index (χ0v) is 12.8. The summed E-state index contributed by atoms with van der Waals surface area (Å²) in [6, 6.07) is 2.01. The van der Waals surface area contributed by atoms with Crippen molar-refractivity contribution in [2.75, 3.05) is 6.54 Å². The van der Waals surface area contributed by atoms with E-state index in [0.717, 1.165) is 37.1 Å². The molecular formula is C16H24N2O2. The van der Waals surface area contributed by atoms with Crippen molar-refractivity contribution in [2.24, 2.45) is 0 Å². The normalized spacial score (nSPS) is 20.1. The van der Waals surface area contributed by atoms with Gasteiger partial charge in [-0.05, 0) is 58.2 Å². The van der Waals surface area contributed by atoms with Crippen molar-refractivity contribution in [2.45, 2.75) is 58.7 Å². The fraction of sp³-hybridized carbons (Fsp3) is 0.625. The molecule has 2 heterocycles. The molecule has 1 fully saturated rings. The Kier molecular flexibility index (Phi) is 4.43. The van der Waals surface area contributed by atoms with Crippen LogP contribution < -0.4 is 0 Å². The first-order valence-corrected chi connectivity index (χ1v) is 7.22.